The SMILES string of the molecule is Cc1csc(CC(NN)C2(N(C)C)CCC(C)CC2)n1. The van der Waals surface area contributed by atoms with Gasteiger partial charge in [-0.05, 0) is 52.6 Å². The molecular weight excluding hydrogens is 268 g/mol. The molecule has 1 saturated carbocycles. The molecule has 1 unspecified atom stereocenters. The quantitative estimate of drug-likeness (QED) is 0.647. The first-order chi connectivity index (χ1) is 9.48. The maximum absolute atomic E-state index is 5.92. The van der Waals surface area contributed by atoms with E-state index in [1.807, 2.05) is 0 Å². The third kappa shape index (κ3) is 3.22. The van der Waals surface area contributed by atoms with Crippen molar-refractivity contribution in [2.24, 2.45) is 11.8 Å². The predicted molar refractivity (Wildman–Crippen MR) is 85.7 cm³/mol. The fraction of sp³-hybridized carbons (Fsp3) is 0.800. The molecule has 20 heavy (non-hydrogen) atoms. The minimum Gasteiger partial charge on any atom is -0.302 e. The number of thiazole rings is 1. The molecule has 1 heterocycles. The van der Waals surface area contributed by atoms with E-state index in [9.17, 15) is 0 Å². The zero-order valence-electron chi connectivity index (χ0n) is 13.1. The molecule has 1 aromatic heterocycles. The fourth-order valence-electron chi connectivity index (χ4n) is 3.44. The third-order valence-corrected chi connectivity index (χ3v) is 5.91. The van der Waals surface area contributed by atoms with Gasteiger partial charge in [-0.25, -0.2) is 4.98 Å². The van der Waals surface area contributed by atoms with Crippen LogP contribution < -0.4 is 11.3 Å². The largest absolute Gasteiger partial charge is 0.302 e. The number of aromatic nitrogens is 1. The molecule has 0 saturated heterocycles. The summed E-state index contributed by atoms with van der Waals surface area (Å²) in [5.41, 5.74) is 4.35. The summed E-state index contributed by atoms with van der Waals surface area (Å²) in [6, 6.07) is 0.260. The second-order valence-electron chi connectivity index (χ2n) is 6.49. The van der Waals surface area contributed by atoms with E-state index in [0.717, 1.165) is 18.0 Å². The minimum absolute atomic E-state index is 0.154. The zero-order chi connectivity index (χ0) is 14.8. The van der Waals surface area contributed by atoms with Gasteiger partial charge in [0.25, 0.3) is 0 Å². The highest BCUT2D eigenvalue weighted by molar-refractivity contribution is 7.09. The molecule has 0 spiro atoms. The number of hydrogen-bond donors (Lipinski definition) is 2. The van der Waals surface area contributed by atoms with Crippen LogP contribution in [0.15, 0.2) is 5.38 Å². The van der Waals surface area contributed by atoms with Gasteiger partial charge in [0.1, 0.15) is 0 Å². The number of likely N-dealkylation sites (N-methyl/N-ethyl adjacent to an activating group) is 1. The van der Waals surface area contributed by atoms with Crippen LogP contribution >= 0.6 is 11.3 Å². The molecule has 1 fully saturated rings. The van der Waals surface area contributed by atoms with Crippen LogP contribution in [-0.4, -0.2) is 35.6 Å². The van der Waals surface area contributed by atoms with E-state index < -0.39 is 0 Å². The first-order valence-corrected chi connectivity index (χ1v) is 8.40. The fourth-order valence-corrected chi connectivity index (χ4v) is 4.26. The second-order valence-corrected chi connectivity index (χ2v) is 7.43. The van der Waals surface area contributed by atoms with Gasteiger partial charge in [-0.15, -0.1) is 11.3 Å². The highest BCUT2D eigenvalue weighted by atomic mass is 32.1. The van der Waals surface area contributed by atoms with Gasteiger partial charge in [-0.2, -0.15) is 0 Å². The number of nitrogens with zero attached hydrogens (tertiary/aromatic N) is 2. The first-order valence-electron chi connectivity index (χ1n) is 7.52. The Labute approximate surface area is 126 Å². The normalized spacial score (nSPS) is 28.8. The van der Waals surface area contributed by atoms with E-state index in [1.165, 1.54) is 30.7 Å². The molecule has 0 amide bonds. The van der Waals surface area contributed by atoms with Crippen molar-refractivity contribution in [3.63, 3.8) is 0 Å². The highest BCUT2D eigenvalue weighted by Gasteiger charge is 2.42. The molecule has 0 radical (unpaired) electrons. The predicted octanol–water partition coefficient (Wildman–Crippen LogP) is 2.34. The molecule has 3 N–H and O–H groups in total. The standard InChI is InChI=1S/C15H28N4S/c1-11-5-7-15(8-6-11,19(3)4)13(18-16)9-14-17-12(2)10-20-14/h10-11,13,18H,5-9,16H2,1-4H3. The van der Waals surface area contributed by atoms with E-state index in [-0.39, 0.29) is 11.6 Å². The summed E-state index contributed by atoms with van der Waals surface area (Å²) in [5, 5.41) is 3.30. The summed E-state index contributed by atoms with van der Waals surface area (Å²) >= 11 is 1.74. The summed E-state index contributed by atoms with van der Waals surface area (Å²) < 4.78 is 0. The summed E-state index contributed by atoms with van der Waals surface area (Å²) in [6.45, 7) is 4.41. The van der Waals surface area contributed by atoms with Crippen LogP contribution in [0.25, 0.3) is 0 Å². The van der Waals surface area contributed by atoms with Gasteiger partial charge in [0, 0.05) is 29.1 Å². The van der Waals surface area contributed by atoms with Crippen molar-refractivity contribution in [3.8, 4) is 0 Å². The Morgan fingerprint density at radius 1 is 1.50 bits per heavy atom. The first kappa shape index (κ1) is 15.9. The maximum atomic E-state index is 5.92. The van der Waals surface area contributed by atoms with E-state index in [2.05, 4.69) is 48.6 Å². The third-order valence-electron chi connectivity index (χ3n) is 4.93. The Kier molecular flexibility index (Phi) is 5.18. The average molecular weight is 296 g/mol. The van der Waals surface area contributed by atoms with Crippen LogP contribution in [0.2, 0.25) is 0 Å². The van der Waals surface area contributed by atoms with Crippen LogP contribution in [0.3, 0.4) is 0 Å². The lowest BCUT2D eigenvalue weighted by molar-refractivity contribution is 0.0434. The van der Waals surface area contributed by atoms with Gasteiger partial charge in [-0.3, -0.25) is 11.3 Å². The Hall–Kier alpha value is -0.490. The number of nitrogens with one attached hydrogen (secondary N) is 1. The van der Waals surface area contributed by atoms with Gasteiger partial charge < -0.3 is 4.90 Å². The van der Waals surface area contributed by atoms with Gasteiger partial charge in [0.15, 0.2) is 0 Å². The number of hydrogen-bond acceptors (Lipinski definition) is 5. The van der Waals surface area contributed by atoms with Crippen LogP contribution in [0.5, 0.6) is 0 Å². The molecule has 1 aliphatic carbocycles. The maximum Gasteiger partial charge on any atom is 0.0944 e. The monoisotopic (exact) mass is 296 g/mol. The van der Waals surface area contributed by atoms with E-state index in [0.29, 0.717) is 0 Å². The highest BCUT2D eigenvalue weighted by Crippen LogP contribution is 2.38. The Balaban J connectivity index is 2.17. The molecule has 0 bridgehead atoms. The summed E-state index contributed by atoms with van der Waals surface area (Å²) in [6.07, 6.45) is 5.91. The molecule has 4 nitrogen and oxygen atoms in total. The topological polar surface area (TPSA) is 54.2 Å². The number of aryl methyl sites for hydroxylation is 1. The molecule has 0 aromatic carbocycles. The lowest BCUT2D eigenvalue weighted by Gasteiger charge is -2.49. The van der Waals surface area contributed by atoms with Crippen molar-refractivity contribution in [2.75, 3.05) is 14.1 Å². The van der Waals surface area contributed by atoms with Crippen molar-refractivity contribution in [2.45, 2.75) is 57.5 Å². The molecule has 5 heteroatoms. The molecule has 1 aromatic rings. The van der Waals surface area contributed by atoms with Crippen molar-refractivity contribution in [3.05, 3.63) is 16.1 Å². The van der Waals surface area contributed by atoms with Gasteiger partial charge in [0.2, 0.25) is 0 Å². The molecular formula is C15H28N4S. The average Bonchev–Trinajstić information content (AvgIpc) is 2.82. The van der Waals surface area contributed by atoms with Crippen LogP contribution in [0, 0.1) is 12.8 Å². The lowest BCUT2D eigenvalue weighted by atomic mass is 9.71. The second kappa shape index (κ2) is 6.52. The lowest BCUT2D eigenvalue weighted by Crippen LogP contribution is -2.62. The number of nitrogens with two attached hydrogens (primary N) is 1. The molecule has 0 aliphatic heterocycles. The van der Waals surface area contributed by atoms with Gasteiger partial charge >= 0.3 is 0 Å². The van der Waals surface area contributed by atoms with Crippen molar-refractivity contribution >= 4 is 11.3 Å². The molecule has 1 aliphatic rings. The number of hydrazine groups is 1. The molecule has 1 atom stereocenters. The Morgan fingerprint density at radius 2 is 2.15 bits per heavy atom. The van der Waals surface area contributed by atoms with Crippen molar-refractivity contribution in [1.82, 2.24) is 15.3 Å². The summed E-state index contributed by atoms with van der Waals surface area (Å²) in [5.74, 6) is 6.75. The summed E-state index contributed by atoms with van der Waals surface area (Å²) in [4.78, 5) is 6.98. The van der Waals surface area contributed by atoms with Crippen molar-refractivity contribution < 1.29 is 0 Å². The van der Waals surface area contributed by atoms with E-state index in [1.54, 1.807) is 11.3 Å². The van der Waals surface area contributed by atoms with Crippen molar-refractivity contribution in [1.29, 1.82) is 0 Å². The Morgan fingerprint density at radius 3 is 2.60 bits per heavy atom. The van der Waals surface area contributed by atoms with E-state index in [4.69, 9.17) is 5.84 Å². The Bertz CT molecular complexity index is 421. The van der Waals surface area contributed by atoms with Gasteiger partial charge in [-0.1, -0.05) is 6.92 Å². The summed E-state index contributed by atoms with van der Waals surface area (Å²) in [7, 11) is 4.38. The smallest absolute Gasteiger partial charge is 0.0944 e. The van der Waals surface area contributed by atoms with Crippen LogP contribution in [0.1, 0.15) is 43.3 Å². The van der Waals surface area contributed by atoms with Crippen LogP contribution in [0.4, 0.5) is 0 Å². The minimum atomic E-state index is 0.154. The van der Waals surface area contributed by atoms with E-state index >= 15 is 0 Å². The van der Waals surface area contributed by atoms with Crippen LogP contribution in [-0.2, 0) is 6.42 Å². The zero-order valence-corrected chi connectivity index (χ0v) is 14.0. The molecule has 2 rings (SSSR count). The number of rotatable bonds is 5. The molecule has 114 valence electrons. The van der Waals surface area contributed by atoms with Gasteiger partial charge in [0.05, 0.1) is 5.01 Å².